The Morgan fingerprint density at radius 2 is 1.67 bits per heavy atom. The molecule has 5 heteroatoms. The van der Waals surface area contributed by atoms with Crippen LogP contribution in [0.4, 0.5) is 17.2 Å². The number of benzene rings is 2. The Morgan fingerprint density at radius 3 is 2.48 bits per heavy atom. The molecule has 0 radical (unpaired) electrons. The highest BCUT2D eigenvalue weighted by Crippen LogP contribution is 2.30. The molecule has 2 N–H and O–H groups in total. The first-order valence-corrected chi connectivity index (χ1v) is 6.55. The largest absolute Gasteiger partial charge is 0.710 e. The zero-order valence-corrected chi connectivity index (χ0v) is 11.5. The van der Waals surface area contributed by atoms with Crippen LogP contribution in [0, 0.1) is 12.1 Å². The summed E-state index contributed by atoms with van der Waals surface area (Å²) in [6, 6.07) is 16.4. The van der Waals surface area contributed by atoms with Crippen LogP contribution in [-0.4, -0.2) is 0 Å². The lowest BCUT2D eigenvalue weighted by molar-refractivity contribution is -0.598. The van der Waals surface area contributed by atoms with Crippen LogP contribution in [0.15, 0.2) is 64.8 Å². The summed E-state index contributed by atoms with van der Waals surface area (Å²) in [5.41, 5.74) is 7.90. The summed E-state index contributed by atoms with van der Waals surface area (Å²) in [4.78, 5) is 0. The highest BCUT2D eigenvalue weighted by Gasteiger charge is 2.08. The zero-order valence-electron chi connectivity index (χ0n) is 11.5. The second-order valence-electron chi connectivity index (χ2n) is 4.74. The van der Waals surface area contributed by atoms with E-state index in [1.165, 1.54) is 0 Å². The van der Waals surface area contributed by atoms with Crippen molar-refractivity contribution in [1.29, 1.82) is 0 Å². The molecule has 0 saturated carbocycles. The molecule has 0 bridgehead atoms. The molecule has 1 heterocycles. The highest BCUT2D eigenvalue weighted by atomic mass is 16.5. The molecule has 0 amide bonds. The normalized spacial score (nSPS) is 11.3. The van der Waals surface area contributed by atoms with Crippen molar-refractivity contribution in [2.75, 3.05) is 5.73 Å². The molecule has 3 aromatic rings. The van der Waals surface area contributed by atoms with Crippen molar-refractivity contribution in [1.82, 2.24) is 0 Å². The molecule has 0 unspecified atom stereocenters. The molecule has 104 valence electrons. The number of pyridine rings is 1. The highest BCUT2D eigenvalue weighted by molar-refractivity contribution is 5.99. The number of nitrogens with zero attached hydrogens (tertiary/aromatic N) is 3. The number of nitrogen functional groups attached to an aromatic ring is 1. The minimum Gasteiger partial charge on any atom is -0.710 e. The fraction of sp³-hybridized carbons (Fsp3) is 0.0625. The van der Waals surface area contributed by atoms with Crippen LogP contribution in [0.3, 0.4) is 0 Å². The average Bonchev–Trinajstić information content (AvgIpc) is 2.51. The van der Waals surface area contributed by atoms with Gasteiger partial charge in [0.05, 0.1) is 5.11 Å². The van der Waals surface area contributed by atoms with Crippen molar-refractivity contribution >= 4 is 28.0 Å². The monoisotopic (exact) mass is 278 g/mol. The number of aryl methyl sites for hydroxylation is 1. The number of azo groups is 1. The quantitative estimate of drug-likeness (QED) is 0.335. The van der Waals surface area contributed by atoms with Crippen LogP contribution < -0.4 is 10.5 Å². The number of hydrogen-bond acceptors (Lipinski definition) is 4. The predicted octanol–water partition coefficient (Wildman–Crippen LogP) is 3.78. The van der Waals surface area contributed by atoms with Gasteiger partial charge in [0.25, 0.3) is 0 Å². The van der Waals surface area contributed by atoms with Gasteiger partial charge in [-0.05, 0) is 36.3 Å². The van der Waals surface area contributed by atoms with E-state index < -0.39 is 0 Å². The van der Waals surface area contributed by atoms with E-state index >= 15 is 0 Å². The Hall–Kier alpha value is -2.95. The lowest BCUT2D eigenvalue weighted by Gasteiger charge is -2.05. The summed E-state index contributed by atoms with van der Waals surface area (Å²) < 4.78 is 0.753. The minimum absolute atomic E-state index is 0.260. The maximum atomic E-state index is 11.9. The molecule has 0 aliphatic carbocycles. The summed E-state index contributed by atoms with van der Waals surface area (Å²) in [6.45, 7) is 1.73. The molecule has 0 saturated heterocycles. The summed E-state index contributed by atoms with van der Waals surface area (Å²) in [7, 11) is 0. The third-order valence-electron chi connectivity index (χ3n) is 3.31. The number of fused-ring (bicyclic) bond motifs is 1. The summed E-state index contributed by atoms with van der Waals surface area (Å²) in [5, 5.41) is 21.9. The number of aromatic nitrogens is 1. The van der Waals surface area contributed by atoms with E-state index in [2.05, 4.69) is 10.2 Å². The Kier molecular flexibility index (Phi) is 3.23. The van der Waals surface area contributed by atoms with Crippen LogP contribution >= 0.6 is 0 Å². The molecular weight excluding hydrogens is 264 g/mol. The Balaban J connectivity index is 2.08. The third kappa shape index (κ3) is 2.41. The standard InChI is InChI=1S/C16H14N4O/c1-11-5-4-8-16(20(11)21)19-18-15-10-9-14(17)12-6-2-3-7-13(12)15/h2-10H,17H2,1H3. The molecule has 21 heavy (non-hydrogen) atoms. The van der Waals surface area contributed by atoms with Gasteiger partial charge in [0, 0.05) is 22.5 Å². The minimum atomic E-state index is 0.260. The molecule has 3 rings (SSSR count). The average molecular weight is 278 g/mol. The molecule has 0 aliphatic rings. The first-order chi connectivity index (χ1) is 10.2. The van der Waals surface area contributed by atoms with E-state index in [0.29, 0.717) is 17.1 Å². The lowest BCUT2D eigenvalue weighted by Crippen LogP contribution is -2.29. The Labute approximate surface area is 121 Å². The van der Waals surface area contributed by atoms with Gasteiger partial charge in [0.1, 0.15) is 11.4 Å². The molecular formula is C16H14N4O. The van der Waals surface area contributed by atoms with Crippen LogP contribution in [0.25, 0.3) is 10.8 Å². The van der Waals surface area contributed by atoms with E-state index in [4.69, 9.17) is 5.73 Å². The first kappa shape index (κ1) is 13.1. The summed E-state index contributed by atoms with van der Waals surface area (Å²) in [5.74, 6) is 0.260. The molecule has 1 aromatic heterocycles. The fourth-order valence-electron chi connectivity index (χ4n) is 2.16. The predicted molar refractivity (Wildman–Crippen MR) is 82.7 cm³/mol. The van der Waals surface area contributed by atoms with Gasteiger partial charge in [-0.3, -0.25) is 0 Å². The molecule has 0 atom stereocenters. The second kappa shape index (κ2) is 5.20. The van der Waals surface area contributed by atoms with Gasteiger partial charge in [-0.2, -0.15) is 0 Å². The van der Waals surface area contributed by atoms with Gasteiger partial charge in [0.2, 0.25) is 0 Å². The van der Waals surface area contributed by atoms with Gasteiger partial charge < -0.3 is 10.9 Å². The number of anilines is 1. The maximum absolute atomic E-state index is 11.9. The summed E-state index contributed by atoms with van der Waals surface area (Å²) in [6.07, 6.45) is 0. The molecule has 0 fully saturated rings. The number of rotatable bonds is 2. The van der Waals surface area contributed by atoms with Crippen LogP contribution in [0.1, 0.15) is 5.69 Å². The van der Waals surface area contributed by atoms with Crippen LogP contribution in [-0.2, 0) is 0 Å². The van der Waals surface area contributed by atoms with Gasteiger partial charge in [0.15, 0.2) is 0 Å². The molecule has 2 aromatic carbocycles. The number of hydrogen-bond donors (Lipinski definition) is 1. The van der Waals surface area contributed by atoms with Crippen LogP contribution in [0.5, 0.6) is 0 Å². The van der Waals surface area contributed by atoms with Crippen molar-refractivity contribution in [3.8, 4) is 0 Å². The van der Waals surface area contributed by atoms with E-state index in [1.807, 2.05) is 24.3 Å². The smallest absolute Gasteiger partial charge is 0.353 e. The SMILES string of the molecule is Cc1cccc(N=Nc2ccc(N)c3ccccc23)[n+]1[O-]. The lowest BCUT2D eigenvalue weighted by atomic mass is 10.1. The second-order valence-corrected chi connectivity index (χ2v) is 4.74. The molecule has 0 aliphatic heterocycles. The van der Waals surface area contributed by atoms with Crippen molar-refractivity contribution in [2.45, 2.75) is 6.92 Å². The molecule has 0 spiro atoms. The zero-order chi connectivity index (χ0) is 14.8. The van der Waals surface area contributed by atoms with Crippen LogP contribution in [0.2, 0.25) is 0 Å². The van der Waals surface area contributed by atoms with Crippen molar-refractivity contribution in [2.24, 2.45) is 10.2 Å². The maximum Gasteiger partial charge on any atom is 0.353 e. The van der Waals surface area contributed by atoms with Gasteiger partial charge >= 0.3 is 5.82 Å². The Morgan fingerprint density at radius 1 is 0.905 bits per heavy atom. The first-order valence-electron chi connectivity index (χ1n) is 6.55. The molecule has 5 nitrogen and oxygen atoms in total. The van der Waals surface area contributed by atoms with E-state index in [0.717, 1.165) is 15.5 Å². The van der Waals surface area contributed by atoms with E-state index in [-0.39, 0.29) is 5.82 Å². The van der Waals surface area contributed by atoms with E-state index in [9.17, 15) is 5.21 Å². The van der Waals surface area contributed by atoms with Crippen molar-refractivity contribution in [3.05, 3.63) is 65.5 Å². The van der Waals surface area contributed by atoms with Crippen molar-refractivity contribution < 1.29 is 4.73 Å². The van der Waals surface area contributed by atoms with E-state index in [1.54, 1.807) is 37.3 Å². The number of nitrogens with two attached hydrogens (primary N) is 1. The van der Waals surface area contributed by atoms with Gasteiger partial charge in [-0.1, -0.05) is 24.3 Å². The van der Waals surface area contributed by atoms with Gasteiger partial charge in [-0.15, -0.1) is 0 Å². The Bertz CT molecular complexity index is 843. The van der Waals surface area contributed by atoms with Gasteiger partial charge in [-0.25, -0.2) is 4.73 Å². The fourth-order valence-corrected chi connectivity index (χ4v) is 2.16. The topological polar surface area (TPSA) is 77.7 Å². The van der Waals surface area contributed by atoms with Crippen molar-refractivity contribution in [3.63, 3.8) is 0 Å². The summed E-state index contributed by atoms with van der Waals surface area (Å²) >= 11 is 0. The third-order valence-corrected chi connectivity index (χ3v) is 3.31.